The Hall–Kier alpha value is -2.72. The molecule has 0 heterocycles. The molecule has 1 N–H and O–H groups in total. The molecule has 3 aromatic carbocycles. The minimum absolute atomic E-state index is 0.132. The molecule has 0 spiro atoms. The third-order valence-corrected chi connectivity index (χ3v) is 6.42. The molecule has 1 unspecified atom stereocenters. The third-order valence-electron chi connectivity index (χ3n) is 6.42. The van der Waals surface area contributed by atoms with Gasteiger partial charge in [-0.25, -0.2) is 4.39 Å². The summed E-state index contributed by atoms with van der Waals surface area (Å²) in [5, 5.41) is 4.43. The quantitative estimate of drug-likeness (QED) is 0.639. The van der Waals surface area contributed by atoms with Crippen LogP contribution in [0.4, 0.5) is 4.39 Å². The van der Waals surface area contributed by atoms with E-state index < -0.39 is 0 Å². The van der Waals surface area contributed by atoms with E-state index in [-0.39, 0.29) is 23.3 Å². The lowest BCUT2D eigenvalue weighted by Crippen LogP contribution is -2.53. The van der Waals surface area contributed by atoms with Crippen LogP contribution in [0.3, 0.4) is 0 Å². The average Bonchev–Trinajstić information content (AvgIpc) is 3.24. The molecule has 1 amide bonds. The van der Waals surface area contributed by atoms with Gasteiger partial charge in [-0.3, -0.25) is 4.79 Å². The molecule has 29 heavy (non-hydrogen) atoms. The number of hydrogen-bond acceptors (Lipinski definition) is 2. The van der Waals surface area contributed by atoms with Gasteiger partial charge in [-0.1, -0.05) is 67.4 Å². The highest BCUT2D eigenvalue weighted by molar-refractivity contribution is 6.07. The van der Waals surface area contributed by atoms with E-state index in [0.717, 1.165) is 31.2 Å². The SMILES string of the molecule is CN(C)C1(C(NC(=O)c2ccc(F)c3ccccc23)c2ccccc2)CCCC1. The fourth-order valence-corrected chi connectivity index (χ4v) is 4.82. The number of rotatable bonds is 5. The van der Waals surface area contributed by atoms with Crippen molar-refractivity contribution in [1.82, 2.24) is 10.2 Å². The van der Waals surface area contributed by atoms with Crippen molar-refractivity contribution in [2.75, 3.05) is 14.1 Å². The van der Waals surface area contributed by atoms with Crippen molar-refractivity contribution in [3.8, 4) is 0 Å². The van der Waals surface area contributed by atoms with Crippen LogP contribution in [-0.2, 0) is 0 Å². The number of likely N-dealkylation sites (N-methyl/N-ethyl adjacent to an activating group) is 1. The van der Waals surface area contributed by atoms with Crippen molar-refractivity contribution in [1.29, 1.82) is 0 Å². The summed E-state index contributed by atoms with van der Waals surface area (Å²) in [4.78, 5) is 15.7. The topological polar surface area (TPSA) is 32.3 Å². The number of amides is 1. The first-order valence-corrected chi connectivity index (χ1v) is 10.2. The van der Waals surface area contributed by atoms with Crippen molar-refractivity contribution >= 4 is 16.7 Å². The normalized spacial score (nSPS) is 16.8. The summed E-state index contributed by atoms with van der Waals surface area (Å²) in [6.07, 6.45) is 4.36. The van der Waals surface area contributed by atoms with Crippen molar-refractivity contribution in [3.63, 3.8) is 0 Å². The van der Waals surface area contributed by atoms with E-state index >= 15 is 0 Å². The largest absolute Gasteiger partial charge is 0.343 e. The summed E-state index contributed by atoms with van der Waals surface area (Å²) < 4.78 is 14.2. The maximum atomic E-state index is 14.2. The fraction of sp³-hybridized carbons (Fsp3) is 0.320. The van der Waals surface area contributed by atoms with Gasteiger partial charge in [0.05, 0.1) is 6.04 Å². The van der Waals surface area contributed by atoms with Crippen LogP contribution in [0, 0.1) is 5.82 Å². The van der Waals surface area contributed by atoms with Gasteiger partial charge in [0.25, 0.3) is 5.91 Å². The summed E-state index contributed by atoms with van der Waals surface area (Å²) in [5.74, 6) is -0.472. The Bertz CT molecular complexity index is 1010. The van der Waals surface area contributed by atoms with Gasteiger partial charge in [0, 0.05) is 16.5 Å². The van der Waals surface area contributed by atoms with Crippen molar-refractivity contribution in [3.05, 3.63) is 83.7 Å². The second-order valence-corrected chi connectivity index (χ2v) is 8.16. The number of hydrogen-bond donors (Lipinski definition) is 1. The minimum Gasteiger partial charge on any atom is -0.343 e. The zero-order chi connectivity index (χ0) is 20.4. The number of nitrogens with one attached hydrogen (secondary N) is 1. The van der Waals surface area contributed by atoms with E-state index in [9.17, 15) is 9.18 Å². The molecule has 0 bridgehead atoms. The first-order valence-electron chi connectivity index (χ1n) is 10.2. The Balaban J connectivity index is 1.76. The van der Waals surface area contributed by atoms with Crippen LogP contribution in [-0.4, -0.2) is 30.4 Å². The molecular weight excluding hydrogens is 363 g/mol. The molecule has 1 saturated carbocycles. The molecule has 4 heteroatoms. The number of halogens is 1. The maximum absolute atomic E-state index is 14.2. The Morgan fingerprint density at radius 2 is 1.55 bits per heavy atom. The molecule has 3 aromatic rings. The molecule has 1 fully saturated rings. The zero-order valence-electron chi connectivity index (χ0n) is 17.0. The first kappa shape index (κ1) is 19.6. The van der Waals surface area contributed by atoms with Crippen LogP contribution in [0.5, 0.6) is 0 Å². The first-order chi connectivity index (χ1) is 14.0. The third kappa shape index (κ3) is 3.53. The summed E-state index contributed by atoms with van der Waals surface area (Å²) in [6.45, 7) is 0. The molecule has 150 valence electrons. The summed E-state index contributed by atoms with van der Waals surface area (Å²) in [5.41, 5.74) is 1.48. The number of carbonyl (C=O) groups excluding carboxylic acids is 1. The molecule has 0 aliphatic heterocycles. The monoisotopic (exact) mass is 390 g/mol. The number of benzene rings is 3. The summed E-state index contributed by atoms with van der Waals surface area (Å²) in [6, 6.07) is 20.2. The average molecular weight is 391 g/mol. The molecule has 1 aliphatic carbocycles. The van der Waals surface area contributed by atoms with Gasteiger partial charge in [-0.15, -0.1) is 0 Å². The van der Waals surface area contributed by atoms with E-state index in [4.69, 9.17) is 0 Å². The molecule has 1 aliphatic rings. The fourth-order valence-electron chi connectivity index (χ4n) is 4.82. The van der Waals surface area contributed by atoms with Crippen LogP contribution < -0.4 is 5.32 Å². The van der Waals surface area contributed by atoms with E-state index in [2.05, 4.69) is 36.4 Å². The second-order valence-electron chi connectivity index (χ2n) is 8.16. The van der Waals surface area contributed by atoms with Gasteiger partial charge in [-0.05, 0) is 50.0 Å². The molecule has 0 aromatic heterocycles. The molecule has 4 rings (SSSR count). The standard InChI is InChI=1S/C25H27FN2O/c1-28(2)25(16-8-9-17-25)23(18-10-4-3-5-11-18)27-24(29)21-14-15-22(26)20-13-7-6-12-19(20)21/h3-7,10-15,23H,8-9,16-17H2,1-2H3,(H,27,29). The van der Waals surface area contributed by atoms with E-state index in [1.165, 1.54) is 6.07 Å². The Kier molecular flexibility index (Phi) is 5.37. The van der Waals surface area contributed by atoms with Gasteiger partial charge < -0.3 is 10.2 Å². The minimum atomic E-state index is -0.308. The van der Waals surface area contributed by atoms with Gasteiger partial charge in [0.2, 0.25) is 0 Å². The van der Waals surface area contributed by atoms with Gasteiger partial charge in [0.1, 0.15) is 5.82 Å². The molecule has 0 saturated heterocycles. The van der Waals surface area contributed by atoms with Crippen molar-refractivity contribution in [2.45, 2.75) is 37.3 Å². The van der Waals surface area contributed by atoms with Gasteiger partial charge in [0.15, 0.2) is 0 Å². The van der Waals surface area contributed by atoms with Crippen LogP contribution in [0.1, 0.15) is 47.6 Å². The van der Waals surface area contributed by atoms with E-state index in [1.54, 1.807) is 18.2 Å². The Morgan fingerprint density at radius 1 is 0.931 bits per heavy atom. The number of nitrogens with zero attached hydrogens (tertiary/aromatic N) is 1. The van der Waals surface area contributed by atoms with Gasteiger partial charge >= 0.3 is 0 Å². The van der Waals surface area contributed by atoms with Crippen LogP contribution in [0.2, 0.25) is 0 Å². The highest BCUT2D eigenvalue weighted by Gasteiger charge is 2.44. The maximum Gasteiger partial charge on any atom is 0.252 e. The highest BCUT2D eigenvalue weighted by Crippen LogP contribution is 2.43. The van der Waals surface area contributed by atoms with Crippen LogP contribution >= 0.6 is 0 Å². The summed E-state index contributed by atoms with van der Waals surface area (Å²) >= 11 is 0. The predicted molar refractivity (Wildman–Crippen MR) is 115 cm³/mol. The van der Waals surface area contributed by atoms with Crippen molar-refractivity contribution < 1.29 is 9.18 Å². The second kappa shape index (κ2) is 7.96. The lowest BCUT2D eigenvalue weighted by atomic mass is 9.82. The Morgan fingerprint density at radius 3 is 2.21 bits per heavy atom. The lowest BCUT2D eigenvalue weighted by molar-refractivity contribution is 0.0767. The Labute approximate surface area is 171 Å². The molecular formula is C25H27FN2O. The smallest absolute Gasteiger partial charge is 0.252 e. The number of fused-ring (bicyclic) bond motifs is 1. The van der Waals surface area contributed by atoms with Crippen molar-refractivity contribution in [2.24, 2.45) is 0 Å². The predicted octanol–water partition coefficient (Wildman–Crippen LogP) is 5.32. The van der Waals surface area contributed by atoms with E-state index in [1.807, 2.05) is 30.3 Å². The zero-order valence-corrected chi connectivity index (χ0v) is 17.0. The molecule has 0 radical (unpaired) electrons. The summed E-state index contributed by atoms with van der Waals surface area (Å²) in [7, 11) is 4.20. The van der Waals surface area contributed by atoms with E-state index in [0.29, 0.717) is 16.3 Å². The highest BCUT2D eigenvalue weighted by atomic mass is 19.1. The van der Waals surface area contributed by atoms with Crippen LogP contribution in [0.15, 0.2) is 66.7 Å². The van der Waals surface area contributed by atoms with Gasteiger partial charge in [-0.2, -0.15) is 0 Å². The lowest BCUT2D eigenvalue weighted by Gasteiger charge is -2.44. The van der Waals surface area contributed by atoms with Crippen LogP contribution in [0.25, 0.3) is 10.8 Å². The molecule has 3 nitrogen and oxygen atoms in total. The number of carbonyl (C=O) groups is 1. The molecule has 1 atom stereocenters.